The zero-order chi connectivity index (χ0) is 36.8. The summed E-state index contributed by atoms with van der Waals surface area (Å²) in [4.78, 5) is 13.1. The van der Waals surface area contributed by atoms with E-state index in [2.05, 4.69) is 117 Å². The molecule has 3 aliphatic rings. The zero-order valence-corrected chi connectivity index (χ0v) is 31.3. The van der Waals surface area contributed by atoms with Crippen LogP contribution in [0, 0.1) is 6.92 Å². The van der Waals surface area contributed by atoms with Crippen molar-refractivity contribution in [3.63, 3.8) is 0 Å². The Kier molecular flexibility index (Phi) is 11.7. The number of fused-ring (bicyclic) bond motifs is 2. The summed E-state index contributed by atoms with van der Waals surface area (Å²) in [6.45, 7) is 12.4. The van der Waals surface area contributed by atoms with Crippen LogP contribution in [0.3, 0.4) is 0 Å². The van der Waals surface area contributed by atoms with E-state index in [0.29, 0.717) is 13.0 Å². The summed E-state index contributed by atoms with van der Waals surface area (Å²) < 4.78 is 36.3. The van der Waals surface area contributed by atoms with Gasteiger partial charge in [-0.2, -0.15) is 13.0 Å². The topological polar surface area (TPSA) is 97.9 Å². The van der Waals surface area contributed by atoms with Crippen molar-refractivity contribution >= 4 is 33.2 Å². The van der Waals surface area contributed by atoms with E-state index in [-0.39, 0.29) is 16.7 Å². The lowest BCUT2D eigenvalue weighted by Gasteiger charge is -2.27. The summed E-state index contributed by atoms with van der Waals surface area (Å²) in [5, 5.41) is 9.06. The van der Waals surface area contributed by atoms with E-state index < -0.39 is 21.5 Å². The molecule has 2 aliphatic heterocycles. The minimum absolute atomic E-state index is 0.126. The van der Waals surface area contributed by atoms with Crippen LogP contribution in [0.5, 0.6) is 0 Å². The molecule has 8 heteroatoms. The van der Waals surface area contributed by atoms with Crippen LogP contribution >= 0.6 is 0 Å². The van der Waals surface area contributed by atoms with Gasteiger partial charge in [0.2, 0.25) is 5.69 Å². The predicted octanol–water partition coefficient (Wildman–Crippen LogP) is 9.45. The molecule has 0 saturated heterocycles. The van der Waals surface area contributed by atoms with Gasteiger partial charge in [0.1, 0.15) is 6.54 Å². The molecule has 0 radical (unpaired) electrons. The van der Waals surface area contributed by atoms with Gasteiger partial charge in [-0.1, -0.05) is 92.7 Å². The van der Waals surface area contributed by atoms with Crippen molar-refractivity contribution in [1.29, 1.82) is 0 Å². The first-order valence-electron chi connectivity index (χ1n) is 17.8. The Morgan fingerprint density at radius 1 is 0.863 bits per heavy atom. The average molecular weight is 708 g/mol. The molecule has 0 saturated carbocycles. The number of aliphatic carboxylic acids is 1. The zero-order valence-electron chi connectivity index (χ0n) is 30.5. The highest BCUT2D eigenvalue weighted by atomic mass is 32.2. The third kappa shape index (κ3) is 8.68. The van der Waals surface area contributed by atoms with Gasteiger partial charge in [-0.3, -0.25) is 9.35 Å². The fraction of sp³-hybridized carbons (Fsp3) is 0.349. The highest BCUT2D eigenvalue weighted by Crippen LogP contribution is 2.48. The number of carboxylic acids is 1. The van der Waals surface area contributed by atoms with E-state index in [1.807, 2.05) is 18.2 Å². The fourth-order valence-corrected chi connectivity index (χ4v) is 7.89. The molecule has 2 aromatic carbocycles. The number of carbonyl (C=O) groups is 1. The lowest BCUT2D eigenvalue weighted by molar-refractivity contribution is -0.438. The van der Waals surface area contributed by atoms with Gasteiger partial charge in [-0.25, -0.2) is 0 Å². The van der Waals surface area contributed by atoms with Crippen LogP contribution in [0.4, 0.5) is 11.4 Å². The Morgan fingerprint density at radius 2 is 1.63 bits per heavy atom. The second-order valence-corrected chi connectivity index (χ2v) is 16.0. The molecule has 0 aromatic heterocycles. The second kappa shape index (κ2) is 15.8. The van der Waals surface area contributed by atoms with Crippen LogP contribution in [0.15, 0.2) is 125 Å². The van der Waals surface area contributed by atoms with Gasteiger partial charge in [-0.05, 0) is 81.5 Å². The summed E-state index contributed by atoms with van der Waals surface area (Å²) >= 11 is 0. The van der Waals surface area contributed by atoms with E-state index in [0.717, 1.165) is 49.2 Å². The number of nitrogens with zero attached hydrogens (tertiary/aromatic N) is 2. The van der Waals surface area contributed by atoms with Gasteiger partial charge < -0.3 is 10.0 Å². The highest BCUT2D eigenvalue weighted by molar-refractivity contribution is 7.85. The fourth-order valence-electron chi connectivity index (χ4n) is 7.38. The van der Waals surface area contributed by atoms with E-state index in [1.165, 1.54) is 34.2 Å². The van der Waals surface area contributed by atoms with Crippen LogP contribution in [0.2, 0.25) is 0 Å². The van der Waals surface area contributed by atoms with Crippen LogP contribution in [0.1, 0.15) is 82.9 Å². The summed E-state index contributed by atoms with van der Waals surface area (Å²) in [6.07, 6.45) is 29.5. The molecule has 2 aromatic rings. The van der Waals surface area contributed by atoms with Crippen LogP contribution in [0.25, 0.3) is 0 Å². The number of aryl methyl sites for hydroxylation is 1. The Bertz CT molecular complexity index is 2020. The molecule has 0 unspecified atom stereocenters. The Balaban J connectivity index is 1.41. The van der Waals surface area contributed by atoms with Crippen molar-refractivity contribution in [1.82, 2.24) is 0 Å². The van der Waals surface area contributed by atoms with Crippen molar-refractivity contribution in [3.05, 3.63) is 137 Å². The first-order chi connectivity index (χ1) is 24.2. The van der Waals surface area contributed by atoms with Gasteiger partial charge in [-0.15, -0.1) is 0 Å². The van der Waals surface area contributed by atoms with E-state index in [4.69, 9.17) is 5.11 Å². The monoisotopic (exact) mass is 707 g/mol. The maximum absolute atomic E-state index is 12.0. The standard InChI is InChI=1S/C43H50N2O5S/c1-32-24-26-37-35(30-32)42(2,3)39(45(37)29-17-20-33-18-11-7-6-8-12-19-33)21-13-9-14-22-40-43(4,5)36-31-34(51(48,49)50)25-27-38(36)44(40)28-16-10-15-23-41(46)47/h6-9,11-14,18-19,21-22,24-27,30-31H,10,15-17,20,23,28-29H2,1-5H3,(H-,46,47,48,49,50)/p+1/b7-6-,8-6?,11-7?,12-8-,18-11-,19-12?,33-18?,33-19+. The van der Waals surface area contributed by atoms with E-state index in [1.54, 1.807) is 12.1 Å². The van der Waals surface area contributed by atoms with Gasteiger partial charge >= 0.3 is 5.97 Å². The highest BCUT2D eigenvalue weighted by Gasteiger charge is 2.44. The molecule has 0 bridgehead atoms. The number of anilines is 1. The average Bonchev–Trinajstić information content (AvgIpc) is 3.38. The second-order valence-electron chi connectivity index (χ2n) is 14.6. The molecule has 268 valence electrons. The third-order valence-corrected chi connectivity index (χ3v) is 11.0. The number of hydrogen-bond acceptors (Lipinski definition) is 4. The van der Waals surface area contributed by atoms with E-state index in [9.17, 15) is 17.8 Å². The summed E-state index contributed by atoms with van der Waals surface area (Å²) in [5.41, 5.74) is 8.43. The Hall–Kier alpha value is -4.53. The molecule has 2 N–H and O–H groups in total. The van der Waals surface area contributed by atoms with Crippen molar-refractivity contribution in [2.24, 2.45) is 0 Å². The minimum Gasteiger partial charge on any atom is -0.481 e. The summed E-state index contributed by atoms with van der Waals surface area (Å²) in [6, 6.07) is 11.5. The molecule has 0 spiro atoms. The van der Waals surface area contributed by atoms with Crippen LogP contribution in [-0.2, 0) is 25.7 Å². The first-order valence-corrected chi connectivity index (χ1v) is 19.3. The molecule has 2 heterocycles. The number of benzene rings is 2. The molecule has 0 fully saturated rings. The number of hydrogen-bond donors (Lipinski definition) is 2. The molecule has 1 aliphatic carbocycles. The maximum atomic E-state index is 12.0. The molecule has 0 amide bonds. The molecular formula is C43H51N2O5S+. The van der Waals surface area contributed by atoms with Crippen LogP contribution < -0.4 is 4.90 Å². The third-order valence-electron chi connectivity index (χ3n) is 10.1. The van der Waals surface area contributed by atoms with Gasteiger partial charge in [0.15, 0.2) is 5.71 Å². The molecule has 51 heavy (non-hydrogen) atoms. The molecular weight excluding hydrogens is 657 g/mol. The predicted molar refractivity (Wildman–Crippen MR) is 208 cm³/mol. The number of rotatable bonds is 14. The van der Waals surface area contributed by atoms with Gasteiger partial charge in [0.25, 0.3) is 10.1 Å². The smallest absolute Gasteiger partial charge is 0.303 e. The lowest BCUT2D eigenvalue weighted by Crippen LogP contribution is -2.28. The number of allylic oxidation sites excluding steroid dienone is 14. The normalized spacial score (nSPS) is 21.4. The van der Waals surface area contributed by atoms with Gasteiger partial charge in [0.05, 0.1) is 10.3 Å². The first kappa shape index (κ1) is 37.7. The molecule has 5 rings (SSSR count). The Morgan fingerprint density at radius 3 is 2.39 bits per heavy atom. The van der Waals surface area contributed by atoms with Crippen LogP contribution in [-0.4, -0.2) is 47.4 Å². The van der Waals surface area contributed by atoms with E-state index >= 15 is 0 Å². The molecule has 0 atom stereocenters. The van der Waals surface area contributed by atoms with Crippen molar-refractivity contribution in [3.8, 4) is 0 Å². The summed E-state index contributed by atoms with van der Waals surface area (Å²) in [7, 11) is -4.36. The SMILES string of the molecule is Cc1ccc2c(c1)C(C)(C)C(/C=C/C=C/C=C1/N(CCCCCC(=O)O)c3ccc(S(=O)(=O)O)cc3C1(C)C)=[N+]2CCCC1=C/C=C\C=C/C=C\1. The summed E-state index contributed by atoms with van der Waals surface area (Å²) in [5.74, 6) is -0.795. The largest absolute Gasteiger partial charge is 0.481 e. The Labute approximate surface area is 303 Å². The van der Waals surface area contributed by atoms with Gasteiger partial charge in [0, 0.05) is 53.9 Å². The maximum Gasteiger partial charge on any atom is 0.303 e. The van der Waals surface area contributed by atoms with Crippen molar-refractivity contribution in [2.75, 3.05) is 18.0 Å². The van der Waals surface area contributed by atoms with Crippen molar-refractivity contribution < 1.29 is 27.4 Å². The quantitative estimate of drug-likeness (QED) is 0.0879. The minimum atomic E-state index is -4.36. The number of unbranched alkanes of at least 4 members (excludes halogenated alkanes) is 2. The lowest BCUT2D eigenvalue weighted by atomic mass is 9.81. The molecule has 7 nitrogen and oxygen atoms in total. The van der Waals surface area contributed by atoms with Crippen molar-refractivity contribution in [2.45, 2.75) is 88.9 Å². The number of carboxylic acid groups (broad SMARTS) is 1.